The number of hydrogen-bond acceptors (Lipinski definition) is 4. The summed E-state index contributed by atoms with van der Waals surface area (Å²) >= 11 is 3.26. The van der Waals surface area contributed by atoms with Crippen molar-refractivity contribution in [1.29, 1.82) is 0 Å². The van der Waals surface area contributed by atoms with E-state index < -0.39 is 0 Å². The fraction of sp³-hybridized carbons (Fsp3) is 0.125. The second kappa shape index (κ2) is 4.70. The molecular formula is C8H8BrN3O. The monoisotopic (exact) mass is 241 g/mol. The number of hydrogen-bond donors (Lipinski definition) is 2. The van der Waals surface area contributed by atoms with Gasteiger partial charge in [-0.05, 0) is 22.0 Å². The van der Waals surface area contributed by atoms with Crippen molar-refractivity contribution in [1.82, 2.24) is 4.98 Å². The van der Waals surface area contributed by atoms with Gasteiger partial charge in [0.15, 0.2) is 5.82 Å². The van der Waals surface area contributed by atoms with Crippen molar-refractivity contribution < 1.29 is 4.84 Å². The van der Waals surface area contributed by atoms with Crippen LogP contribution in [0, 0.1) is 12.3 Å². The molecule has 0 fully saturated rings. The highest BCUT2D eigenvalue weighted by molar-refractivity contribution is 9.10. The van der Waals surface area contributed by atoms with Crippen LogP contribution in [0.5, 0.6) is 0 Å². The highest BCUT2D eigenvalue weighted by atomic mass is 79.9. The summed E-state index contributed by atoms with van der Waals surface area (Å²) < 4.78 is 0.726. The maximum absolute atomic E-state index is 5.49. The maximum atomic E-state index is 5.49. The van der Waals surface area contributed by atoms with Gasteiger partial charge in [-0.25, -0.2) is 10.5 Å². The maximum Gasteiger partial charge on any atom is 0.164 e. The fourth-order valence-corrected chi connectivity index (χ4v) is 1.12. The first-order valence-corrected chi connectivity index (χ1v) is 4.25. The number of terminal acetylenes is 1. The summed E-state index contributed by atoms with van der Waals surface area (Å²) in [5.41, 5.74) is 8.65. The number of anilines is 2. The van der Waals surface area contributed by atoms with Gasteiger partial charge in [0.25, 0.3) is 0 Å². The van der Waals surface area contributed by atoms with E-state index in [9.17, 15) is 0 Å². The zero-order valence-electron chi connectivity index (χ0n) is 6.75. The third-order valence-corrected chi connectivity index (χ3v) is 1.79. The zero-order valence-corrected chi connectivity index (χ0v) is 8.34. The topological polar surface area (TPSA) is 60.2 Å². The molecule has 1 aromatic heterocycles. The Morgan fingerprint density at radius 2 is 2.54 bits per heavy atom. The largest absolute Gasteiger partial charge is 0.397 e. The molecule has 68 valence electrons. The van der Waals surface area contributed by atoms with Gasteiger partial charge < -0.3 is 5.73 Å². The van der Waals surface area contributed by atoms with Crippen LogP contribution in [0.2, 0.25) is 0 Å². The highest BCUT2D eigenvalue weighted by Crippen LogP contribution is 2.21. The van der Waals surface area contributed by atoms with E-state index in [0.29, 0.717) is 11.5 Å². The van der Waals surface area contributed by atoms with Gasteiger partial charge >= 0.3 is 0 Å². The number of nitrogens with zero attached hydrogens (tertiary/aromatic N) is 1. The Morgan fingerprint density at radius 1 is 1.77 bits per heavy atom. The molecule has 0 atom stereocenters. The molecule has 13 heavy (non-hydrogen) atoms. The zero-order chi connectivity index (χ0) is 9.68. The van der Waals surface area contributed by atoms with Crippen LogP contribution in [0.3, 0.4) is 0 Å². The molecule has 0 saturated carbocycles. The van der Waals surface area contributed by atoms with Crippen LogP contribution in [-0.2, 0) is 4.84 Å². The van der Waals surface area contributed by atoms with Crippen molar-refractivity contribution in [3.63, 3.8) is 0 Å². The van der Waals surface area contributed by atoms with Crippen LogP contribution in [-0.4, -0.2) is 11.6 Å². The first-order chi connectivity index (χ1) is 6.24. The molecule has 1 rings (SSSR count). The van der Waals surface area contributed by atoms with Gasteiger partial charge in [0, 0.05) is 0 Å². The lowest BCUT2D eigenvalue weighted by atomic mass is 10.4. The third-order valence-electron chi connectivity index (χ3n) is 1.19. The molecule has 1 aromatic rings. The van der Waals surface area contributed by atoms with E-state index in [1.165, 1.54) is 6.20 Å². The summed E-state index contributed by atoms with van der Waals surface area (Å²) in [4.78, 5) is 8.84. The number of aromatic nitrogens is 1. The lowest BCUT2D eigenvalue weighted by molar-refractivity contribution is 0.232. The highest BCUT2D eigenvalue weighted by Gasteiger charge is 2.00. The molecule has 0 bridgehead atoms. The summed E-state index contributed by atoms with van der Waals surface area (Å²) in [6.45, 7) is 0.179. The molecule has 0 aliphatic rings. The number of nitrogens with two attached hydrogens (primary N) is 1. The molecule has 0 unspecified atom stereocenters. The molecule has 0 radical (unpaired) electrons. The molecular weight excluding hydrogens is 234 g/mol. The Balaban J connectivity index is 2.62. The van der Waals surface area contributed by atoms with E-state index in [4.69, 9.17) is 17.0 Å². The summed E-state index contributed by atoms with van der Waals surface area (Å²) in [6, 6.07) is 1.72. The van der Waals surface area contributed by atoms with Crippen molar-refractivity contribution in [3.8, 4) is 12.3 Å². The van der Waals surface area contributed by atoms with Gasteiger partial charge in [-0.1, -0.05) is 5.92 Å². The second-order valence-corrected chi connectivity index (χ2v) is 3.05. The number of rotatable bonds is 3. The lowest BCUT2D eigenvalue weighted by Crippen LogP contribution is -2.04. The van der Waals surface area contributed by atoms with Gasteiger partial charge in [0.1, 0.15) is 6.61 Å². The lowest BCUT2D eigenvalue weighted by Gasteiger charge is -2.05. The van der Waals surface area contributed by atoms with Crippen molar-refractivity contribution in [2.24, 2.45) is 0 Å². The van der Waals surface area contributed by atoms with Crippen LogP contribution < -0.4 is 11.2 Å². The predicted octanol–water partition coefficient (Wildman–Crippen LogP) is 1.40. The van der Waals surface area contributed by atoms with E-state index in [1.54, 1.807) is 6.07 Å². The van der Waals surface area contributed by atoms with Crippen molar-refractivity contribution in [2.75, 3.05) is 17.8 Å². The Hall–Kier alpha value is -1.25. The minimum Gasteiger partial charge on any atom is -0.397 e. The van der Waals surface area contributed by atoms with Crippen molar-refractivity contribution in [2.45, 2.75) is 0 Å². The Bertz CT molecular complexity index is 335. The number of halogens is 1. The molecule has 5 heteroatoms. The molecule has 4 nitrogen and oxygen atoms in total. The first kappa shape index (κ1) is 9.84. The fourth-order valence-electron chi connectivity index (χ4n) is 0.674. The SMILES string of the molecule is C#CCONc1ncc(N)cc1Br. The molecule has 0 spiro atoms. The van der Waals surface area contributed by atoms with Gasteiger partial charge in [0.05, 0.1) is 16.4 Å². The van der Waals surface area contributed by atoms with Crippen LogP contribution in [0.15, 0.2) is 16.7 Å². The van der Waals surface area contributed by atoms with Crippen LogP contribution in [0.25, 0.3) is 0 Å². The summed E-state index contributed by atoms with van der Waals surface area (Å²) in [7, 11) is 0. The normalized spacial score (nSPS) is 9.23. The van der Waals surface area contributed by atoms with Gasteiger partial charge in [-0.3, -0.25) is 4.84 Å². The number of nitrogens with one attached hydrogen (secondary N) is 1. The molecule has 0 amide bonds. The second-order valence-electron chi connectivity index (χ2n) is 2.19. The van der Waals surface area contributed by atoms with Gasteiger partial charge in [-0.15, -0.1) is 6.42 Å². The van der Waals surface area contributed by atoms with Crippen LogP contribution in [0.4, 0.5) is 11.5 Å². The average Bonchev–Trinajstić information content (AvgIpc) is 2.09. The van der Waals surface area contributed by atoms with Crippen molar-refractivity contribution >= 4 is 27.4 Å². The first-order valence-electron chi connectivity index (χ1n) is 3.46. The van der Waals surface area contributed by atoms with Crippen LogP contribution in [0.1, 0.15) is 0 Å². The van der Waals surface area contributed by atoms with Crippen molar-refractivity contribution in [3.05, 3.63) is 16.7 Å². The molecule has 3 N–H and O–H groups in total. The minimum absolute atomic E-state index is 0.179. The van der Waals surface area contributed by atoms with E-state index in [-0.39, 0.29) is 6.61 Å². The standard InChI is InChI=1S/C8H8BrN3O/c1-2-3-13-12-8-7(9)4-6(10)5-11-8/h1,4-5H,3,10H2,(H,11,12). The van der Waals surface area contributed by atoms with Gasteiger partial charge in [-0.2, -0.15) is 0 Å². The van der Waals surface area contributed by atoms with E-state index in [2.05, 4.69) is 32.3 Å². The molecule has 1 heterocycles. The minimum atomic E-state index is 0.179. The Kier molecular flexibility index (Phi) is 3.55. The average molecular weight is 242 g/mol. The molecule has 0 aliphatic heterocycles. The molecule has 0 aliphatic carbocycles. The van der Waals surface area contributed by atoms with Gasteiger partial charge in [0.2, 0.25) is 0 Å². The van der Waals surface area contributed by atoms with E-state index >= 15 is 0 Å². The Labute approximate surface area is 84.6 Å². The molecule has 0 saturated heterocycles. The number of nitrogen functional groups attached to an aromatic ring is 1. The smallest absolute Gasteiger partial charge is 0.164 e. The summed E-state index contributed by atoms with van der Waals surface area (Å²) in [6.07, 6.45) is 6.51. The summed E-state index contributed by atoms with van der Waals surface area (Å²) in [5, 5.41) is 0. The Morgan fingerprint density at radius 3 is 3.15 bits per heavy atom. The molecule has 0 aromatic carbocycles. The number of pyridine rings is 1. The quantitative estimate of drug-likeness (QED) is 0.478. The summed E-state index contributed by atoms with van der Waals surface area (Å²) in [5.74, 6) is 2.86. The van der Waals surface area contributed by atoms with E-state index in [0.717, 1.165) is 4.47 Å². The van der Waals surface area contributed by atoms with E-state index in [1.807, 2.05) is 0 Å². The predicted molar refractivity (Wildman–Crippen MR) is 54.8 cm³/mol. The third kappa shape index (κ3) is 2.93. The van der Waals surface area contributed by atoms with Crippen LogP contribution >= 0.6 is 15.9 Å².